The molecule has 5 rings (SSSR count). The van der Waals surface area contributed by atoms with Gasteiger partial charge in [-0.1, -0.05) is 121 Å². The molecule has 2 atom stereocenters. The molecule has 146 valence electrons. The maximum absolute atomic E-state index is 5.31. The minimum atomic E-state index is 0.0486. The standard InChI is InChI=1S/C28H24N2/c1-5-13-22(14-6-1)21-30-27(24-17-9-3-10-18-24)26(23-15-7-2-8-16-23)29-28(30)25-19-11-4-12-20-25/h1-20,26-27H,21H2/t26-,27-/m0/s1. The molecule has 0 spiro atoms. The Morgan fingerprint density at radius 1 is 0.567 bits per heavy atom. The third-order valence-electron chi connectivity index (χ3n) is 5.68. The van der Waals surface area contributed by atoms with Crippen LogP contribution in [0.5, 0.6) is 0 Å². The number of hydrogen-bond acceptors (Lipinski definition) is 2. The first-order valence-corrected chi connectivity index (χ1v) is 10.4. The zero-order valence-corrected chi connectivity index (χ0v) is 16.8. The van der Waals surface area contributed by atoms with Crippen molar-refractivity contribution in [3.05, 3.63) is 144 Å². The van der Waals surface area contributed by atoms with Crippen molar-refractivity contribution in [3.8, 4) is 0 Å². The van der Waals surface area contributed by atoms with E-state index < -0.39 is 0 Å². The number of nitrogens with zero attached hydrogens (tertiary/aromatic N) is 2. The highest BCUT2D eigenvalue weighted by Crippen LogP contribution is 2.44. The Labute approximate surface area is 178 Å². The van der Waals surface area contributed by atoms with Crippen molar-refractivity contribution in [1.29, 1.82) is 0 Å². The second-order valence-electron chi connectivity index (χ2n) is 7.64. The maximum Gasteiger partial charge on any atom is 0.132 e. The average Bonchev–Trinajstić information content (AvgIpc) is 3.20. The molecule has 0 aliphatic carbocycles. The molecule has 0 amide bonds. The highest BCUT2D eigenvalue weighted by molar-refractivity contribution is 6.00. The molecule has 1 aliphatic heterocycles. The van der Waals surface area contributed by atoms with Crippen LogP contribution in [0.25, 0.3) is 0 Å². The van der Waals surface area contributed by atoms with Gasteiger partial charge < -0.3 is 4.90 Å². The Balaban J connectivity index is 1.65. The summed E-state index contributed by atoms with van der Waals surface area (Å²) in [6.45, 7) is 0.817. The first-order valence-electron chi connectivity index (χ1n) is 10.4. The van der Waals surface area contributed by atoms with E-state index in [1.54, 1.807) is 0 Å². The van der Waals surface area contributed by atoms with E-state index in [1.165, 1.54) is 16.7 Å². The van der Waals surface area contributed by atoms with Gasteiger partial charge in [0.1, 0.15) is 11.9 Å². The van der Waals surface area contributed by atoms with Crippen LogP contribution in [0.15, 0.2) is 126 Å². The molecule has 4 aromatic carbocycles. The Morgan fingerprint density at radius 2 is 1.07 bits per heavy atom. The summed E-state index contributed by atoms with van der Waals surface area (Å²) < 4.78 is 0. The molecule has 1 aliphatic rings. The fraction of sp³-hybridized carbons (Fsp3) is 0.107. The van der Waals surface area contributed by atoms with E-state index in [4.69, 9.17) is 4.99 Å². The predicted molar refractivity (Wildman–Crippen MR) is 123 cm³/mol. The van der Waals surface area contributed by atoms with E-state index in [-0.39, 0.29) is 12.1 Å². The van der Waals surface area contributed by atoms with Crippen molar-refractivity contribution in [2.24, 2.45) is 4.99 Å². The second kappa shape index (κ2) is 8.38. The molecule has 0 fully saturated rings. The number of amidine groups is 1. The van der Waals surface area contributed by atoms with Gasteiger partial charge in [0.2, 0.25) is 0 Å². The third-order valence-corrected chi connectivity index (χ3v) is 5.68. The molecule has 0 radical (unpaired) electrons. The van der Waals surface area contributed by atoms with Gasteiger partial charge in [-0.3, -0.25) is 4.99 Å². The van der Waals surface area contributed by atoms with Gasteiger partial charge in [-0.25, -0.2) is 0 Å². The van der Waals surface area contributed by atoms with Gasteiger partial charge in [0.15, 0.2) is 0 Å². The minimum absolute atomic E-state index is 0.0486. The molecule has 2 heteroatoms. The molecule has 0 unspecified atom stereocenters. The zero-order valence-electron chi connectivity index (χ0n) is 16.8. The highest BCUT2D eigenvalue weighted by atomic mass is 15.3. The summed E-state index contributed by atoms with van der Waals surface area (Å²) in [6.07, 6.45) is 0. The van der Waals surface area contributed by atoms with Crippen molar-refractivity contribution in [2.75, 3.05) is 0 Å². The Morgan fingerprint density at radius 3 is 1.67 bits per heavy atom. The predicted octanol–water partition coefficient (Wildman–Crippen LogP) is 6.43. The quantitative estimate of drug-likeness (QED) is 0.384. The van der Waals surface area contributed by atoms with E-state index in [1.807, 2.05) is 0 Å². The molecule has 0 bridgehead atoms. The van der Waals surface area contributed by atoms with Crippen LogP contribution >= 0.6 is 0 Å². The molecular formula is C28H24N2. The summed E-state index contributed by atoms with van der Waals surface area (Å²) in [4.78, 5) is 7.78. The summed E-state index contributed by atoms with van der Waals surface area (Å²) in [5.74, 6) is 1.06. The van der Waals surface area contributed by atoms with Crippen molar-refractivity contribution in [3.63, 3.8) is 0 Å². The Bertz CT molecular complexity index is 1110. The summed E-state index contributed by atoms with van der Waals surface area (Å²) in [5.41, 5.74) is 4.98. The van der Waals surface area contributed by atoms with Crippen LogP contribution in [0.4, 0.5) is 0 Å². The summed E-state index contributed by atoms with van der Waals surface area (Å²) in [5, 5.41) is 0. The van der Waals surface area contributed by atoms with Gasteiger partial charge >= 0.3 is 0 Å². The van der Waals surface area contributed by atoms with Crippen LogP contribution in [-0.2, 0) is 6.54 Å². The van der Waals surface area contributed by atoms with Crippen molar-refractivity contribution in [2.45, 2.75) is 18.6 Å². The molecule has 0 N–H and O–H groups in total. The van der Waals surface area contributed by atoms with Crippen LogP contribution < -0.4 is 0 Å². The lowest BCUT2D eigenvalue weighted by molar-refractivity contribution is 0.304. The lowest BCUT2D eigenvalue weighted by atomic mass is 9.93. The van der Waals surface area contributed by atoms with E-state index in [0.717, 1.165) is 17.9 Å². The van der Waals surface area contributed by atoms with Gasteiger partial charge in [-0.2, -0.15) is 0 Å². The Hall–Kier alpha value is -3.65. The van der Waals surface area contributed by atoms with E-state index in [0.29, 0.717) is 0 Å². The van der Waals surface area contributed by atoms with Gasteiger partial charge in [0.25, 0.3) is 0 Å². The van der Waals surface area contributed by atoms with Crippen LogP contribution in [0.2, 0.25) is 0 Å². The van der Waals surface area contributed by atoms with Crippen LogP contribution in [0.3, 0.4) is 0 Å². The molecule has 2 nitrogen and oxygen atoms in total. The SMILES string of the molecule is c1ccc(CN2C(c3ccccc3)=N[C@@H](c3ccccc3)[C@@H]2c2ccccc2)cc1. The first-order chi connectivity index (χ1) is 14.9. The first kappa shape index (κ1) is 18.4. The third kappa shape index (κ3) is 3.65. The van der Waals surface area contributed by atoms with Gasteiger partial charge in [-0.05, 0) is 16.7 Å². The lowest BCUT2D eigenvalue weighted by Gasteiger charge is -2.31. The number of benzene rings is 4. The second-order valence-corrected chi connectivity index (χ2v) is 7.64. The van der Waals surface area contributed by atoms with E-state index >= 15 is 0 Å². The van der Waals surface area contributed by atoms with Crippen LogP contribution in [0.1, 0.15) is 34.3 Å². The van der Waals surface area contributed by atoms with Crippen LogP contribution in [-0.4, -0.2) is 10.7 Å². The van der Waals surface area contributed by atoms with Crippen molar-refractivity contribution >= 4 is 5.84 Å². The topological polar surface area (TPSA) is 15.6 Å². The monoisotopic (exact) mass is 388 g/mol. The highest BCUT2D eigenvalue weighted by Gasteiger charge is 2.38. The number of rotatable bonds is 5. The molecule has 1 heterocycles. The fourth-order valence-electron chi connectivity index (χ4n) is 4.28. The summed E-state index contributed by atoms with van der Waals surface area (Å²) in [7, 11) is 0. The van der Waals surface area contributed by atoms with E-state index in [2.05, 4.69) is 126 Å². The average molecular weight is 389 g/mol. The molecule has 4 aromatic rings. The normalized spacial score (nSPS) is 18.3. The molecule has 0 saturated carbocycles. The molecule has 0 saturated heterocycles. The Kier molecular flexibility index (Phi) is 5.14. The number of aliphatic imine (C=N–C) groups is 1. The van der Waals surface area contributed by atoms with Gasteiger partial charge in [0.05, 0.1) is 6.04 Å². The van der Waals surface area contributed by atoms with Gasteiger partial charge in [0, 0.05) is 12.1 Å². The fourth-order valence-corrected chi connectivity index (χ4v) is 4.28. The maximum atomic E-state index is 5.31. The molecule has 30 heavy (non-hydrogen) atoms. The van der Waals surface area contributed by atoms with Crippen molar-refractivity contribution in [1.82, 2.24) is 4.90 Å². The lowest BCUT2D eigenvalue weighted by Crippen LogP contribution is -2.31. The number of hydrogen-bond donors (Lipinski definition) is 0. The van der Waals surface area contributed by atoms with Gasteiger partial charge in [-0.15, -0.1) is 0 Å². The zero-order chi connectivity index (χ0) is 20.2. The molecular weight excluding hydrogens is 364 g/mol. The summed E-state index contributed by atoms with van der Waals surface area (Å²) >= 11 is 0. The van der Waals surface area contributed by atoms with E-state index in [9.17, 15) is 0 Å². The minimum Gasteiger partial charge on any atom is -0.343 e. The van der Waals surface area contributed by atoms with Crippen LogP contribution in [0, 0.1) is 0 Å². The largest absolute Gasteiger partial charge is 0.343 e. The molecule has 0 aromatic heterocycles. The van der Waals surface area contributed by atoms with Crippen molar-refractivity contribution < 1.29 is 0 Å². The summed E-state index contributed by atoms with van der Waals surface area (Å²) in [6, 6.07) is 42.9. The smallest absolute Gasteiger partial charge is 0.132 e.